The van der Waals surface area contributed by atoms with Crippen molar-refractivity contribution in [3.63, 3.8) is 0 Å². The van der Waals surface area contributed by atoms with Gasteiger partial charge in [-0.3, -0.25) is 9.59 Å². The molecule has 2 rings (SSSR count). The summed E-state index contributed by atoms with van der Waals surface area (Å²) in [7, 11) is 0. The first kappa shape index (κ1) is 16.9. The predicted molar refractivity (Wildman–Crippen MR) is 71.4 cm³/mol. The van der Waals surface area contributed by atoms with Crippen LogP contribution in [0.1, 0.15) is 32.6 Å². The number of aliphatic carboxylic acids is 1. The first-order chi connectivity index (χ1) is 9.65. The average Bonchev–Trinajstić information content (AvgIpc) is 2.50. The van der Waals surface area contributed by atoms with Crippen molar-refractivity contribution in [2.75, 3.05) is 33.0 Å². The smallest absolute Gasteiger partial charge is 0.309 e. The summed E-state index contributed by atoms with van der Waals surface area (Å²) >= 11 is 0. The summed E-state index contributed by atoms with van der Waals surface area (Å²) in [5.74, 6) is -0.809. The molecule has 0 aliphatic carbocycles. The molecule has 0 aromatic rings. The van der Waals surface area contributed by atoms with E-state index in [1.54, 1.807) is 0 Å². The Morgan fingerprint density at radius 1 is 1.00 bits per heavy atom. The minimum absolute atomic E-state index is 0.0594. The second-order valence-corrected chi connectivity index (χ2v) is 4.86. The highest BCUT2D eigenvalue weighted by Gasteiger charge is 2.22. The summed E-state index contributed by atoms with van der Waals surface area (Å²) < 4.78 is 15.0. The molecule has 0 unspecified atom stereocenters. The largest absolute Gasteiger partial charge is 0.481 e. The van der Waals surface area contributed by atoms with Crippen LogP contribution in [0.15, 0.2) is 0 Å². The molecular weight excluding hydrogens is 264 g/mol. The molecule has 0 radical (unpaired) electrons. The molecule has 20 heavy (non-hydrogen) atoms. The lowest BCUT2D eigenvalue weighted by molar-refractivity contribution is -0.151. The first-order valence-corrected chi connectivity index (χ1v) is 7.20. The van der Waals surface area contributed by atoms with Crippen LogP contribution >= 0.6 is 0 Å². The van der Waals surface area contributed by atoms with Gasteiger partial charge < -0.3 is 19.3 Å². The zero-order valence-corrected chi connectivity index (χ0v) is 12.0. The van der Waals surface area contributed by atoms with Crippen LogP contribution in [0.3, 0.4) is 0 Å². The maximum absolute atomic E-state index is 11.1. The van der Waals surface area contributed by atoms with Gasteiger partial charge in [-0.25, -0.2) is 0 Å². The van der Waals surface area contributed by atoms with Crippen LogP contribution in [0.4, 0.5) is 0 Å². The van der Waals surface area contributed by atoms with Crippen LogP contribution in [-0.2, 0) is 23.8 Å². The lowest BCUT2D eigenvalue weighted by Gasteiger charge is -2.19. The third kappa shape index (κ3) is 6.34. The van der Waals surface area contributed by atoms with E-state index in [4.69, 9.17) is 19.3 Å². The highest BCUT2D eigenvalue weighted by Crippen LogP contribution is 2.15. The van der Waals surface area contributed by atoms with E-state index in [1.165, 1.54) is 0 Å². The zero-order valence-electron chi connectivity index (χ0n) is 12.0. The molecule has 2 heterocycles. The van der Waals surface area contributed by atoms with Crippen LogP contribution in [0.5, 0.6) is 0 Å². The molecule has 116 valence electrons. The summed E-state index contributed by atoms with van der Waals surface area (Å²) in [4.78, 5) is 21.4. The van der Waals surface area contributed by atoms with Gasteiger partial charge in [0.25, 0.3) is 0 Å². The molecule has 6 heteroatoms. The molecule has 2 fully saturated rings. The third-order valence-electron chi connectivity index (χ3n) is 3.41. The van der Waals surface area contributed by atoms with Crippen molar-refractivity contribution in [2.24, 2.45) is 11.8 Å². The van der Waals surface area contributed by atoms with Crippen molar-refractivity contribution in [2.45, 2.75) is 32.6 Å². The standard InChI is InChI=1S/C8H14O3.C6H10O3/c1-2-11-8(9)7-3-5-10-6-4-7;7-6(8)5-1-3-9-4-2-5/h7H,2-6H2,1H3;5H,1-4H2,(H,7,8). The minimum atomic E-state index is -0.682. The quantitative estimate of drug-likeness (QED) is 0.792. The molecule has 0 spiro atoms. The number of carbonyl (C=O) groups excluding carboxylic acids is 1. The Bertz CT molecular complexity index is 292. The van der Waals surface area contributed by atoms with Gasteiger partial charge in [0, 0.05) is 26.4 Å². The van der Waals surface area contributed by atoms with Gasteiger partial charge in [-0.1, -0.05) is 0 Å². The zero-order chi connectivity index (χ0) is 14.8. The molecule has 0 aromatic carbocycles. The van der Waals surface area contributed by atoms with E-state index >= 15 is 0 Å². The number of carboxylic acid groups (broad SMARTS) is 1. The number of carboxylic acids is 1. The van der Waals surface area contributed by atoms with Crippen LogP contribution in [-0.4, -0.2) is 50.1 Å². The minimum Gasteiger partial charge on any atom is -0.481 e. The van der Waals surface area contributed by atoms with Gasteiger partial charge in [0.2, 0.25) is 0 Å². The Labute approximate surface area is 119 Å². The van der Waals surface area contributed by atoms with Crippen LogP contribution in [0.25, 0.3) is 0 Å². The summed E-state index contributed by atoms with van der Waals surface area (Å²) in [6, 6.07) is 0. The van der Waals surface area contributed by atoms with Crippen molar-refractivity contribution in [1.29, 1.82) is 0 Å². The fourth-order valence-corrected chi connectivity index (χ4v) is 2.14. The monoisotopic (exact) mass is 288 g/mol. The van der Waals surface area contributed by atoms with E-state index in [0.29, 0.717) is 45.9 Å². The van der Waals surface area contributed by atoms with Crippen molar-refractivity contribution in [3.05, 3.63) is 0 Å². The maximum Gasteiger partial charge on any atom is 0.309 e. The highest BCUT2D eigenvalue weighted by molar-refractivity contribution is 5.72. The molecule has 0 aromatic heterocycles. The van der Waals surface area contributed by atoms with Gasteiger partial charge in [0.1, 0.15) is 0 Å². The molecule has 0 amide bonds. The Morgan fingerprint density at radius 3 is 1.80 bits per heavy atom. The lowest BCUT2D eigenvalue weighted by Crippen LogP contribution is -2.25. The number of esters is 1. The fourth-order valence-electron chi connectivity index (χ4n) is 2.14. The Morgan fingerprint density at radius 2 is 1.45 bits per heavy atom. The molecule has 0 saturated carbocycles. The van der Waals surface area contributed by atoms with E-state index in [1.807, 2.05) is 6.92 Å². The Hall–Kier alpha value is -1.14. The number of hydrogen-bond donors (Lipinski definition) is 1. The maximum atomic E-state index is 11.1. The highest BCUT2D eigenvalue weighted by atomic mass is 16.5. The molecule has 2 aliphatic rings. The van der Waals surface area contributed by atoms with E-state index in [2.05, 4.69) is 0 Å². The number of carbonyl (C=O) groups is 2. The van der Waals surface area contributed by atoms with E-state index < -0.39 is 5.97 Å². The van der Waals surface area contributed by atoms with Gasteiger partial charge in [0.15, 0.2) is 0 Å². The van der Waals surface area contributed by atoms with Gasteiger partial charge in [-0.05, 0) is 32.6 Å². The molecule has 0 atom stereocenters. The summed E-state index contributed by atoms with van der Waals surface area (Å²) in [6.07, 6.45) is 2.99. The lowest BCUT2D eigenvalue weighted by atomic mass is 10.0. The molecule has 6 nitrogen and oxygen atoms in total. The van der Waals surface area contributed by atoms with Crippen molar-refractivity contribution >= 4 is 11.9 Å². The molecule has 0 bridgehead atoms. The first-order valence-electron chi connectivity index (χ1n) is 7.20. The van der Waals surface area contributed by atoms with Crippen LogP contribution in [0.2, 0.25) is 0 Å². The topological polar surface area (TPSA) is 82.1 Å². The number of hydrogen-bond acceptors (Lipinski definition) is 5. The Kier molecular flexibility index (Phi) is 8.22. The number of ether oxygens (including phenoxy) is 3. The molecule has 1 N–H and O–H groups in total. The van der Waals surface area contributed by atoms with Gasteiger partial charge in [-0.2, -0.15) is 0 Å². The fraction of sp³-hybridized carbons (Fsp3) is 0.857. The van der Waals surface area contributed by atoms with Crippen molar-refractivity contribution < 1.29 is 28.9 Å². The summed E-state index contributed by atoms with van der Waals surface area (Å²) in [6.45, 7) is 4.92. The average molecular weight is 288 g/mol. The van der Waals surface area contributed by atoms with Crippen molar-refractivity contribution in [3.8, 4) is 0 Å². The van der Waals surface area contributed by atoms with Crippen LogP contribution in [0, 0.1) is 11.8 Å². The second-order valence-electron chi connectivity index (χ2n) is 4.86. The van der Waals surface area contributed by atoms with Gasteiger partial charge >= 0.3 is 11.9 Å². The van der Waals surface area contributed by atoms with Gasteiger partial charge in [0.05, 0.1) is 18.4 Å². The third-order valence-corrected chi connectivity index (χ3v) is 3.41. The number of rotatable bonds is 3. The Balaban J connectivity index is 0.000000204. The van der Waals surface area contributed by atoms with E-state index in [-0.39, 0.29) is 17.8 Å². The van der Waals surface area contributed by atoms with Crippen molar-refractivity contribution in [1.82, 2.24) is 0 Å². The normalized spacial score (nSPS) is 20.6. The summed E-state index contributed by atoms with van der Waals surface area (Å²) in [5, 5.41) is 8.48. The van der Waals surface area contributed by atoms with Crippen LogP contribution < -0.4 is 0 Å². The molecule has 2 aliphatic heterocycles. The molecular formula is C14H24O6. The summed E-state index contributed by atoms with van der Waals surface area (Å²) in [5.41, 5.74) is 0. The van der Waals surface area contributed by atoms with E-state index in [0.717, 1.165) is 12.8 Å². The second kappa shape index (κ2) is 9.72. The molecule has 2 saturated heterocycles. The van der Waals surface area contributed by atoms with E-state index in [9.17, 15) is 9.59 Å². The van der Waals surface area contributed by atoms with Gasteiger partial charge in [-0.15, -0.1) is 0 Å². The SMILES string of the molecule is CCOC(=O)C1CCOCC1.O=C(O)C1CCOCC1. The predicted octanol–water partition coefficient (Wildman–Crippen LogP) is 1.47.